The molecule has 39 heavy (non-hydrogen) atoms. The summed E-state index contributed by atoms with van der Waals surface area (Å²) in [6.07, 6.45) is 5.70. The van der Waals surface area contributed by atoms with Gasteiger partial charge >= 0.3 is 6.09 Å². The molecule has 0 heterocycles. The Kier molecular flexibility index (Phi) is 13.5. The molecule has 2 unspecified atom stereocenters. The van der Waals surface area contributed by atoms with Gasteiger partial charge in [0.1, 0.15) is 17.7 Å². The van der Waals surface area contributed by atoms with Crippen molar-refractivity contribution in [1.82, 2.24) is 15.5 Å². The number of carbonyl (C=O) groups excluding carboxylic acids is 3. The third-order valence-electron chi connectivity index (χ3n) is 6.43. The predicted molar refractivity (Wildman–Crippen MR) is 160 cm³/mol. The molecule has 0 aliphatic carbocycles. The Morgan fingerprint density at radius 3 is 2.05 bits per heavy atom. The Morgan fingerprint density at radius 1 is 0.923 bits per heavy atom. The lowest BCUT2D eigenvalue weighted by molar-refractivity contribution is -0.144. The topological polar surface area (TPSA) is 87.7 Å². The molecule has 0 aliphatic rings. The van der Waals surface area contributed by atoms with E-state index in [1.54, 1.807) is 25.7 Å². The summed E-state index contributed by atoms with van der Waals surface area (Å²) in [4.78, 5) is 42.7. The van der Waals surface area contributed by atoms with E-state index in [2.05, 4.69) is 17.6 Å². The van der Waals surface area contributed by atoms with Crippen molar-refractivity contribution in [3.63, 3.8) is 0 Å². The first kappa shape index (κ1) is 34.5. The predicted octanol–water partition coefficient (Wildman–Crippen LogP) is 7.00. The molecule has 0 bridgehead atoms. The zero-order valence-corrected chi connectivity index (χ0v) is 26.5. The van der Waals surface area contributed by atoms with Crippen LogP contribution in [0.15, 0.2) is 18.2 Å². The summed E-state index contributed by atoms with van der Waals surface area (Å²) in [7, 11) is 0. The second-order valence-electron chi connectivity index (χ2n) is 13.2. The van der Waals surface area contributed by atoms with Crippen molar-refractivity contribution in [1.29, 1.82) is 0 Å². The average Bonchev–Trinajstić information content (AvgIpc) is 2.78. The van der Waals surface area contributed by atoms with Gasteiger partial charge in [-0.1, -0.05) is 76.6 Å². The maximum atomic E-state index is 14.3. The molecule has 0 spiro atoms. The van der Waals surface area contributed by atoms with Crippen LogP contribution < -0.4 is 10.6 Å². The van der Waals surface area contributed by atoms with Gasteiger partial charge in [-0.25, -0.2) is 4.79 Å². The van der Waals surface area contributed by atoms with Crippen molar-refractivity contribution in [2.45, 2.75) is 138 Å². The lowest BCUT2D eigenvalue weighted by Crippen LogP contribution is -2.56. The van der Waals surface area contributed by atoms with Crippen LogP contribution in [0.3, 0.4) is 0 Å². The van der Waals surface area contributed by atoms with Crippen LogP contribution in [0.1, 0.15) is 124 Å². The largest absolute Gasteiger partial charge is 0.444 e. The number of nitrogens with one attached hydrogen (secondary N) is 2. The molecule has 0 radical (unpaired) electrons. The minimum Gasteiger partial charge on any atom is -0.444 e. The van der Waals surface area contributed by atoms with Crippen LogP contribution in [-0.4, -0.2) is 46.5 Å². The Hall–Kier alpha value is -2.57. The van der Waals surface area contributed by atoms with Gasteiger partial charge in [-0.15, -0.1) is 0 Å². The van der Waals surface area contributed by atoms with E-state index >= 15 is 0 Å². The Balaban J connectivity index is 3.53. The van der Waals surface area contributed by atoms with E-state index in [-0.39, 0.29) is 17.7 Å². The number of nitrogens with zero attached hydrogens (tertiary/aromatic N) is 1. The van der Waals surface area contributed by atoms with Crippen LogP contribution >= 0.6 is 0 Å². The molecule has 0 aromatic heterocycles. The normalized spacial score (nSPS) is 13.5. The van der Waals surface area contributed by atoms with E-state index in [1.807, 2.05) is 66.7 Å². The minimum absolute atomic E-state index is 0.206. The Morgan fingerprint density at radius 2 is 1.51 bits per heavy atom. The number of amides is 3. The van der Waals surface area contributed by atoms with Gasteiger partial charge in [-0.3, -0.25) is 9.59 Å². The minimum atomic E-state index is -0.838. The summed E-state index contributed by atoms with van der Waals surface area (Å²) in [5, 5.41) is 5.92. The number of benzene rings is 1. The molecule has 1 aromatic carbocycles. The fourth-order valence-corrected chi connectivity index (χ4v) is 4.50. The number of unbranched alkanes of at least 4 members (excludes halogenated alkanes) is 5. The molecule has 7 nitrogen and oxygen atoms in total. The molecule has 0 saturated heterocycles. The van der Waals surface area contributed by atoms with Crippen LogP contribution in [0, 0.1) is 19.8 Å². The van der Waals surface area contributed by atoms with E-state index < -0.39 is 29.3 Å². The second-order valence-corrected chi connectivity index (χ2v) is 13.2. The molecule has 0 aliphatic heterocycles. The molecule has 0 fully saturated rings. The SMILES string of the molecule is CCCCCCCCN(C(=O)C(NC(=O)OC(C)(C)C)C(C)C)C(C(=O)NC(C)(C)C)c1cc(C)ccc1C. The van der Waals surface area contributed by atoms with Crippen molar-refractivity contribution < 1.29 is 19.1 Å². The highest BCUT2D eigenvalue weighted by molar-refractivity contribution is 5.92. The van der Waals surface area contributed by atoms with Crippen molar-refractivity contribution in [3.05, 3.63) is 34.9 Å². The number of hydrogen-bond donors (Lipinski definition) is 2. The van der Waals surface area contributed by atoms with E-state index in [1.165, 1.54) is 12.8 Å². The maximum Gasteiger partial charge on any atom is 0.408 e. The van der Waals surface area contributed by atoms with Crippen molar-refractivity contribution in [2.24, 2.45) is 5.92 Å². The number of hydrogen-bond acceptors (Lipinski definition) is 4. The quantitative estimate of drug-likeness (QED) is 0.261. The fraction of sp³-hybridized carbons (Fsp3) is 0.719. The first-order valence-electron chi connectivity index (χ1n) is 14.7. The van der Waals surface area contributed by atoms with Gasteiger partial charge < -0.3 is 20.3 Å². The van der Waals surface area contributed by atoms with Gasteiger partial charge in [0.15, 0.2) is 0 Å². The molecule has 1 aromatic rings. The highest BCUT2D eigenvalue weighted by Gasteiger charge is 2.38. The number of aryl methyl sites for hydroxylation is 2. The zero-order valence-electron chi connectivity index (χ0n) is 26.5. The number of alkyl carbamates (subject to hydrolysis) is 1. The fourth-order valence-electron chi connectivity index (χ4n) is 4.50. The smallest absolute Gasteiger partial charge is 0.408 e. The summed E-state index contributed by atoms with van der Waals surface area (Å²) in [6, 6.07) is 4.34. The van der Waals surface area contributed by atoms with Crippen LogP contribution in [-0.2, 0) is 14.3 Å². The van der Waals surface area contributed by atoms with Crippen molar-refractivity contribution in [2.75, 3.05) is 6.54 Å². The second kappa shape index (κ2) is 15.3. The van der Waals surface area contributed by atoms with E-state index in [0.717, 1.165) is 42.4 Å². The van der Waals surface area contributed by atoms with Gasteiger partial charge in [-0.2, -0.15) is 0 Å². The number of rotatable bonds is 13. The van der Waals surface area contributed by atoms with Crippen LogP contribution in [0.4, 0.5) is 4.79 Å². The monoisotopic (exact) mass is 545 g/mol. The van der Waals surface area contributed by atoms with Gasteiger partial charge in [0, 0.05) is 12.1 Å². The molecule has 1 rings (SSSR count). The molecule has 2 atom stereocenters. The lowest BCUT2D eigenvalue weighted by atomic mass is 9.93. The molecule has 2 N–H and O–H groups in total. The van der Waals surface area contributed by atoms with Gasteiger partial charge in [0.05, 0.1) is 0 Å². The summed E-state index contributed by atoms with van der Waals surface area (Å²) < 4.78 is 5.48. The van der Waals surface area contributed by atoms with E-state index in [9.17, 15) is 14.4 Å². The summed E-state index contributed by atoms with van der Waals surface area (Å²) in [5.41, 5.74) is 1.59. The third kappa shape index (κ3) is 12.4. The average molecular weight is 546 g/mol. The maximum absolute atomic E-state index is 14.3. The summed E-state index contributed by atoms with van der Waals surface area (Å²) in [6.45, 7) is 21.5. The van der Waals surface area contributed by atoms with Gasteiger partial charge in [0.2, 0.25) is 11.8 Å². The Labute approximate surface area is 237 Å². The summed E-state index contributed by atoms with van der Waals surface area (Å²) in [5.74, 6) is -0.711. The van der Waals surface area contributed by atoms with Gasteiger partial charge in [0.25, 0.3) is 0 Å². The molecule has 0 saturated carbocycles. The van der Waals surface area contributed by atoms with Crippen LogP contribution in [0.2, 0.25) is 0 Å². The molecular weight excluding hydrogens is 490 g/mol. The van der Waals surface area contributed by atoms with Crippen LogP contribution in [0.5, 0.6) is 0 Å². The van der Waals surface area contributed by atoms with Crippen molar-refractivity contribution in [3.8, 4) is 0 Å². The van der Waals surface area contributed by atoms with Gasteiger partial charge in [-0.05, 0) is 78.9 Å². The molecule has 7 heteroatoms. The lowest BCUT2D eigenvalue weighted by Gasteiger charge is -2.37. The van der Waals surface area contributed by atoms with E-state index in [4.69, 9.17) is 4.74 Å². The first-order valence-corrected chi connectivity index (χ1v) is 14.7. The molecular formula is C32H55N3O4. The Bertz CT molecular complexity index is 944. The standard InChI is InChI=1S/C32H55N3O4/c1-12-13-14-15-16-17-20-35(29(37)26(22(2)3)33-30(38)39-32(9,10)11)27(28(36)34-31(6,7)8)25-21-23(4)18-19-24(25)5/h18-19,21-22,26-27H,12-17,20H2,1-11H3,(H,33,38)(H,34,36). The zero-order chi connectivity index (χ0) is 30.0. The van der Waals surface area contributed by atoms with E-state index in [0.29, 0.717) is 6.54 Å². The molecule has 222 valence electrons. The third-order valence-corrected chi connectivity index (χ3v) is 6.43. The van der Waals surface area contributed by atoms with Crippen LogP contribution in [0.25, 0.3) is 0 Å². The summed E-state index contributed by atoms with van der Waals surface area (Å²) >= 11 is 0. The number of ether oxygens (including phenoxy) is 1. The number of carbonyl (C=O) groups is 3. The molecule has 3 amide bonds. The highest BCUT2D eigenvalue weighted by atomic mass is 16.6. The van der Waals surface area contributed by atoms with Crippen molar-refractivity contribution >= 4 is 17.9 Å². The highest BCUT2D eigenvalue weighted by Crippen LogP contribution is 2.29. The first-order chi connectivity index (χ1) is 18.0.